The zero-order valence-corrected chi connectivity index (χ0v) is 12.6. The standard InChI is InChI=1S/C16H24N2O2/c1-12-10-14(13(2)17-3)6-7-15(12)20-11-16(19)18-8-4-5-9-18/h6-7,10,13,17H,4-5,8-9,11H2,1-3H3. The van der Waals surface area contributed by atoms with Crippen LogP contribution in [0, 0.1) is 6.92 Å². The number of amides is 1. The number of benzene rings is 1. The van der Waals surface area contributed by atoms with Gasteiger partial charge >= 0.3 is 0 Å². The average molecular weight is 276 g/mol. The normalized spacial score (nSPS) is 16.2. The smallest absolute Gasteiger partial charge is 0.260 e. The van der Waals surface area contributed by atoms with Gasteiger partial charge in [-0.3, -0.25) is 4.79 Å². The third-order valence-electron chi connectivity index (χ3n) is 3.94. The van der Waals surface area contributed by atoms with E-state index in [4.69, 9.17) is 4.74 Å². The maximum Gasteiger partial charge on any atom is 0.260 e. The van der Waals surface area contributed by atoms with E-state index in [1.165, 1.54) is 5.56 Å². The second-order valence-electron chi connectivity index (χ2n) is 5.41. The Hall–Kier alpha value is -1.55. The predicted molar refractivity (Wildman–Crippen MR) is 80.0 cm³/mol. The summed E-state index contributed by atoms with van der Waals surface area (Å²) in [7, 11) is 1.94. The zero-order chi connectivity index (χ0) is 14.5. The quantitative estimate of drug-likeness (QED) is 0.897. The molecule has 0 bridgehead atoms. The molecule has 0 spiro atoms. The van der Waals surface area contributed by atoms with Crippen LogP contribution in [0.25, 0.3) is 0 Å². The van der Waals surface area contributed by atoms with Crippen molar-refractivity contribution < 1.29 is 9.53 Å². The molecule has 1 saturated heterocycles. The third kappa shape index (κ3) is 3.51. The molecule has 20 heavy (non-hydrogen) atoms. The van der Waals surface area contributed by atoms with Crippen LogP contribution >= 0.6 is 0 Å². The third-order valence-corrected chi connectivity index (χ3v) is 3.94. The summed E-state index contributed by atoms with van der Waals surface area (Å²) in [5.41, 5.74) is 2.29. The minimum atomic E-state index is 0.0922. The highest BCUT2D eigenvalue weighted by Crippen LogP contribution is 2.22. The van der Waals surface area contributed by atoms with Gasteiger partial charge in [0, 0.05) is 19.1 Å². The number of carbonyl (C=O) groups is 1. The van der Waals surface area contributed by atoms with Gasteiger partial charge in [0.15, 0.2) is 6.61 Å². The second kappa shape index (κ2) is 6.75. The van der Waals surface area contributed by atoms with Gasteiger partial charge in [0.25, 0.3) is 5.91 Å². The summed E-state index contributed by atoms with van der Waals surface area (Å²) < 4.78 is 5.67. The van der Waals surface area contributed by atoms with Crippen LogP contribution in [0.2, 0.25) is 0 Å². The molecular weight excluding hydrogens is 252 g/mol. The maximum absolute atomic E-state index is 11.9. The Bertz CT molecular complexity index is 468. The Morgan fingerprint density at radius 1 is 1.40 bits per heavy atom. The number of rotatable bonds is 5. The van der Waals surface area contributed by atoms with Crippen molar-refractivity contribution in [3.8, 4) is 5.75 Å². The number of hydrogen-bond acceptors (Lipinski definition) is 3. The van der Waals surface area contributed by atoms with Crippen LogP contribution in [0.4, 0.5) is 0 Å². The molecule has 1 aliphatic heterocycles. The van der Waals surface area contributed by atoms with E-state index >= 15 is 0 Å². The van der Waals surface area contributed by atoms with Crippen molar-refractivity contribution in [2.75, 3.05) is 26.7 Å². The Labute approximate surface area is 121 Å². The van der Waals surface area contributed by atoms with Crippen LogP contribution in [0.1, 0.15) is 36.9 Å². The lowest BCUT2D eigenvalue weighted by molar-refractivity contribution is -0.132. The molecule has 0 aliphatic carbocycles. The van der Waals surface area contributed by atoms with E-state index in [1.54, 1.807) is 0 Å². The summed E-state index contributed by atoms with van der Waals surface area (Å²) in [6.45, 7) is 6.02. The van der Waals surface area contributed by atoms with Crippen molar-refractivity contribution in [3.63, 3.8) is 0 Å². The molecule has 1 heterocycles. The minimum Gasteiger partial charge on any atom is -0.484 e. The van der Waals surface area contributed by atoms with Gasteiger partial charge in [-0.05, 0) is 50.9 Å². The van der Waals surface area contributed by atoms with E-state index in [1.807, 2.05) is 31.0 Å². The molecule has 1 atom stereocenters. The first-order chi connectivity index (χ1) is 9.61. The lowest BCUT2D eigenvalue weighted by Gasteiger charge is -2.17. The summed E-state index contributed by atoms with van der Waals surface area (Å²) in [4.78, 5) is 13.8. The summed E-state index contributed by atoms with van der Waals surface area (Å²) >= 11 is 0. The van der Waals surface area contributed by atoms with Gasteiger partial charge < -0.3 is 15.0 Å². The Morgan fingerprint density at radius 2 is 2.10 bits per heavy atom. The Kier molecular flexibility index (Phi) is 5.01. The monoisotopic (exact) mass is 276 g/mol. The number of aryl methyl sites for hydroxylation is 1. The van der Waals surface area contributed by atoms with E-state index in [0.717, 1.165) is 37.2 Å². The molecule has 1 amide bonds. The van der Waals surface area contributed by atoms with Gasteiger partial charge in [-0.1, -0.05) is 12.1 Å². The molecule has 0 aromatic heterocycles. The lowest BCUT2D eigenvalue weighted by atomic mass is 10.1. The largest absolute Gasteiger partial charge is 0.484 e. The second-order valence-corrected chi connectivity index (χ2v) is 5.41. The fraction of sp³-hybridized carbons (Fsp3) is 0.562. The van der Waals surface area contributed by atoms with Crippen molar-refractivity contribution >= 4 is 5.91 Å². The molecule has 1 N–H and O–H groups in total. The lowest BCUT2D eigenvalue weighted by Crippen LogP contribution is -2.32. The number of nitrogens with zero attached hydrogens (tertiary/aromatic N) is 1. The first kappa shape index (κ1) is 14.9. The first-order valence-corrected chi connectivity index (χ1v) is 7.30. The summed E-state index contributed by atoms with van der Waals surface area (Å²) in [5, 5.41) is 3.21. The van der Waals surface area contributed by atoms with E-state index in [2.05, 4.69) is 18.3 Å². The molecular formula is C16H24N2O2. The van der Waals surface area contributed by atoms with Crippen LogP contribution in [0.15, 0.2) is 18.2 Å². The molecule has 0 saturated carbocycles. The first-order valence-electron chi connectivity index (χ1n) is 7.30. The Morgan fingerprint density at radius 3 is 2.70 bits per heavy atom. The highest BCUT2D eigenvalue weighted by atomic mass is 16.5. The van der Waals surface area contributed by atoms with Crippen molar-refractivity contribution in [2.45, 2.75) is 32.7 Å². The van der Waals surface area contributed by atoms with Crippen LogP contribution in [0.5, 0.6) is 5.75 Å². The summed E-state index contributed by atoms with van der Waals surface area (Å²) in [6.07, 6.45) is 2.22. The van der Waals surface area contributed by atoms with Gasteiger partial charge in [-0.2, -0.15) is 0 Å². The molecule has 0 radical (unpaired) electrons. The molecule has 1 aromatic carbocycles. The number of hydrogen-bond donors (Lipinski definition) is 1. The topological polar surface area (TPSA) is 41.6 Å². The van der Waals surface area contributed by atoms with Gasteiger partial charge in [0.1, 0.15) is 5.75 Å². The number of nitrogens with one attached hydrogen (secondary N) is 1. The molecule has 1 aromatic rings. The fourth-order valence-electron chi connectivity index (χ4n) is 2.47. The van der Waals surface area contributed by atoms with Crippen LogP contribution in [-0.2, 0) is 4.79 Å². The summed E-state index contributed by atoms with van der Waals surface area (Å²) in [5.74, 6) is 0.888. The average Bonchev–Trinajstić information content (AvgIpc) is 2.99. The van der Waals surface area contributed by atoms with Crippen LogP contribution in [0.3, 0.4) is 0 Å². The zero-order valence-electron chi connectivity index (χ0n) is 12.6. The van der Waals surface area contributed by atoms with Crippen molar-refractivity contribution in [1.82, 2.24) is 10.2 Å². The van der Waals surface area contributed by atoms with E-state index in [-0.39, 0.29) is 12.5 Å². The molecule has 4 heteroatoms. The van der Waals surface area contributed by atoms with Crippen molar-refractivity contribution in [2.24, 2.45) is 0 Å². The molecule has 1 unspecified atom stereocenters. The van der Waals surface area contributed by atoms with Gasteiger partial charge in [0.05, 0.1) is 0 Å². The number of likely N-dealkylation sites (tertiary alicyclic amines) is 1. The highest BCUT2D eigenvalue weighted by Gasteiger charge is 2.18. The molecule has 110 valence electrons. The van der Waals surface area contributed by atoms with E-state index in [9.17, 15) is 4.79 Å². The van der Waals surface area contributed by atoms with Gasteiger partial charge in [-0.25, -0.2) is 0 Å². The van der Waals surface area contributed by atoms with E-state index in [0.29, 0.717) is 6.04 Å². The molecule has 1 fully saturated rings. The van der Waals surface area contributed by atoms with Gasteiger partial charge in [-0.15, -0.1) is 0 Å². The van der Waals surface area contributed by atoms with Crippen LogP contribution in [-0.4, -0.2) is 37.6 Å². The number of ether oxygens (including phenoxy) is 1. The van der Waals surface area contributed by atoms with Crippen molar-refractivity contribution in [1.29, 1.82) is 0 Å². The Balaban J connectivity index is 1.94. The van der Waals surface area contributed by atoms with Crippen molar-refractivity contribution in [3.05, 3.63) is 29.3 Å². The SMILES string of the molecule is CNC(C)c1ccc(OCC(=O)N2CCCC2)c(C)c1. The van der Waals surface area contributed by atoms with E-state index < -0.39 is 0 Å². The highest BCUT2D eigenvalue weighted by molar-refractivity contribution is 5.78. The maximum atomic E-state index is 11.9. The molecule has 4 nitrogen and oxygen atoms in total. The van der Waals surface area contributed by atoms with Crippen LogP contribution < -0.4 is 10.1 Å². The summed E-state index contributed by atoms with van der Waals surface area (Å²) in [6, 6.07) is 6.42. The number of carbonyl (C=O) groups excluding carboxylic acids is 1. The van der Waals surface area contributed by atoms with Gasteiger partial charge in [0.2, 0.25) is 0 Å². The predicted octanol–water partition coefficient (Wildman–Crippen LogP) is 2.28. The molecule has 1 aliphatic rings. The molecule has 2 rings (SSSR count). The fourth-order valence-corrected chi connectivity index (χ4v) is 2.47. The minimum absolute atomic E-state index is 0.0922.